The van der Waals surface area contributed by atoms with Gasteiger partial charge < -0.3 is 13.9 Å². The van der Waals surface area contributed by atoms with E-state index in [1.807, 2.05) is 20.8 Å². The zero-order chi connectivity index (χ0) is 35.3. The molecule has 1 aliphatic heterocycles. The number of anilines is 1. The third kappa shape index (κ3) is 8.16. The summed E-state index contributed by atoms with van der Waals surface area (Å²) in [7, 11) is 0. The van der Waals surface area contributed by atoms with E-state index in [9.17, 15) is 19.2 Å². The second kappa shape index (κ2) is 15.5. The minimum Gasteiger partial charge on any atom is -0.479 e. The molecule has 48 heavy (non-hydrogen) atoms. The van der Waals surface area contributed by atoms with Crippen LogP contribution in [0.5, 0.6) is 5.75 Å². The van der Waals surface area contributed by atoms with Crippen molar-refractivity contribution in [1.82, 2.24) is 9.78 Å². The van der Waals surface area contributed by atoms with Gasteiger partial charge in [0.2, 0.25) is 5.89 Å². The van der Waals surface area contributed by atoms with Crippen LogP contribution in [0.4, 0.5) is 5.69 Å². The number of aromatic nitrogens is 2. The van der Waals surface area contributed by atoms with Gasteiger partial charge in [-0.1, -0.05) is 73.1 Å². The van der Waals surface area contributed by atoms with Crippen LogP contribution in [0, 0.1) is 12.3 Å². The van der Waals surface area contributed by atoms with Crippen LogP contribution < -0.4 is 15.4 Å². The summed E-state index contributed by atoms with van der Waals surface area (Å²) in [5.41, 5.74) is 1.94. The van der Waals surface area contributed by atoms with E-state index in [4.69, 9.17) is 66.7 Å². The van der Waals surface area contributed by atoms with E-state index in [0.717, 1.165) is 17.5 Å². The van der Waals surface area contributed by atoms with E-state index >= 15 is 0 Å². The van der Waals surface area contributed by atoms with Gasteiger partial charge in [-0.05, 0) is 68.5 Å². The number of hydrogen-bond acceptors (Lipinski definition) is 8. The lowest BCUT2D eigenvalue weighted by Gasteiger charge is -2.16. The van der Waals surface area contributed by atoms with Gasteiger partial charge in [0.05, 0.1) is 28.0 Å². The van der Waals surface area contributed by atoms with Crippen molar-refractivity contribution in [3.8, 4) is 23.8 Å². The number of carbonyl (C=O) groups excluding carboxylic acids is 3. The van der Waals surface area contributed by atoms with E-state index in [-0.39, 0.29) is 40.1 Å². The SMILES string of the molecule is C#CCOc1cc(-n2nc(C(C)(C)C)oc2=O)c(Cl)cc1Cl.CCOC(=O)/C(Cl)=C/c1cc(N2C(=O)C3=C(CCCC3)C2=O)ccc1Cl. The second-order valence-corrected chi connectivity index (χ2v) is 13.2. The first kappa shape index (κ1) is 36.8. The topological polar surface area (TPSA) is 121 Å². The van der Waals surface area contributed by atoms with Gasteiger partial charge in [0.1, 0.15) is 17.4 Å². The van der Waals surface area contributed by atoms with Gasteiger partial charge in [-0.2, -0.15) is 4.68 Å². The number of imide groups is 1. The van der Waals surface area contributed by atoms with Crippen molar-refractivity contribution in [3.05, 3.63) is 83.6 Å². The number of rotatable bonds is 7. The summed E-state index contributed by atoms with van der Waals surface area (Å²) in [5, 5.41) is 4.91. The maximum absolute atomic E-state index is 12.7. The molecule has 0 saturated carbocycles. The summed E-state index contributed by atoms with van der Waals surface area (Å²) in [5.74, 6) is 1.08. The Morgan fingerprint density at radius 2 is 1.67 bits per heavy atom. The number of amides is 2. The predicted octanol–water partition coefficient (Wildman–Crippen LogP) is 7.67. The van der Waals surface area contributed by atoms with Gasteiger partial charge in [0.15, 0.2) is 0 Å². The van der Waals surface area contributed by atoms with Gasteiger partial charge in [-0.15, -0.1) is 11.5 Å². The third-order valence-corrected chi connectivity index (χ3v) is 8.32. The van der Waals surface area contributed by atoms with Crippen LogP contribution in [0.1, 0.15) is 64.8 Å². The predicted molar refractivity (Wildman–Crippen MR) is 185 cm³/mol. The molecule has 0 spiro atoms. The van der Waals surface area contributed by atoms with Crippen molar-refractivity contribution in [3.63, 3.8) is 0 Å². The van der Waals surface area contributed by atoms with Crippen LogP contribution in [0.25, 0.3) is 11.8 Å². The van der Waals surface area contributed by atoms with E-state index in [2.05, 4.69) is 11.0 Å². The maximum Gasteiger partial charge on any atom is 0.442 e. The molecule has 0 saturated heterocycles. The second-order valence-electron chi connectivity index (χ2n) is 11.6. The number of esters is 1. The lowest BCUT2D eigenvalue weighted by molar-refractivity contribution is -0.137. The molecular formula is C34H31Cl4N3O7. The molecule has 0 radical (unpaired) electrons. The number of hydrogen-bond donors (Lipinski definition) is 0. The standard InChI is InChI=1S/C19H17Cl2NO4.C15H14Cl2N2O3/c1-2-26-19(25)16(21)10-11-9-12(7-8-15(11)20)22-17(23)13-5-3-4-6-14(13)18(22)24;1-5-6-21-12-8-11(9(16)7-10(12)17)19-14(20)22-13(18-19)15(2,3)4/h7-10H,2-6H2,1H3;1,7-8H,6H2,2-4H3/b16-10-;. The number of terminal acetylenes is 1. The first-order valence-corrected chi connectivity index (χ1v) is 16.3. The summed E-state index contributed by atoms with van der Waals surface area (Å²) in [4.78, 5) is 50.2. The van der Waals surface area contributed by atoms with Crippen molar-refractivity contribution in [2.75, 3.05) is 18.1 Å². The summed E-state index contributed by atoms with van der Waals surface area (Å²) in [6.07, 6.45) is 9.60. The Balaban J connectivity index is 0.000000220. The van der Waals surface area contributed by atoms with Crippen LogP contribution in [-0.2, 0) is 24.5 Å². The minimum atomic E-state index is -0.666. The van der Waals surface area contributed by atoms with Crippen LogP contribution in [0.3, 0.4) is 0 Å². The van der Waals surface area contributed by atoms with Gasteiger partial charge in [-0.3, -0.25) is 9.59 Å². The molecule has 252 valence electrons. The molecule has 10 nitrogen and oxygen atoms in total. The van der Waals surface area contributed by atoms with Gasteiger partial charge in [0.25, 0.3) is 11.8 Å². The van der Waals surface area contributed by atoms with Crippen molar-refractivity contribution < 1.29 is 28.3 Å². The monoisotopic (exact) mass is 733 g/mol. The minimum absolute atomic E-state index is 0.0434. The molecule has 0 bridgehead atoms. The molecule has 2 amide bonds. The Labute approximate surface area is 297 Å². The van der Waals surface area contributed by atoms with E-state index < -0.39 is 17.1 Å². The summed E-state index contributed by atoms with van der Waals surface area (Å²) >= 11 is 24.3. The highest BCUT2D eigenvalue weighted by Gasteiger charge is 2.39. The molecule has 14 heteroatoms. The fourth-order valence-electron chi connectivity index (χ4n) is 4.79. The van der Waals surface area contributed by atoms with Crippen LogP contribution in [0.2, 0.25) is 15.1 Å². The first-order chi connectivity index (χ1) is 22.7. The molecule has 1 aromatic heterocycles. The van der Waals surface area contributed by atoms with Crippen molar-refractivity contribution in [2.45, 2.75) is 58.8 Å². The van der Waals surface area contributed by atoms with E-state index in [0.29, 0.717) is 57.6 Å². The Morgan fingerprint density at radius 3 is 2.23 bits per heavy atom. The number of benzene rings is 2. The Kier molecular flexibility index (Phi) is 11.9. The molecule has 0 N–H and O–H groups in total. The lowest BCUT2D eigenvalue weighted by atomic mass is 9.93. The largest absolute Gasteiger partial charge is 0.479 e. The fraction of sp³-hybridized carbons (Fsp3) is 0.324. The Hall–Kier alpha value is -4.01. The molecular weight excluding hydrogens is 704 g/mol. The molecule has 3 aromatic rings. The summed E-state index contributed by atoms with van der Waals surface area (Å²) in [6, 6.07) is 7.70. The quantitative estimate of drug-likeness (QED) is 0.105. The first-order valence-electron chi connectivity index (χ1n) is 14.8. The molecule has 0 fully saturated rings. The highest BCUT2D eigenvalue weighted by molar-refractivity contribution is 6.44. The molecule has 0 atom stereocenters. The van der Waals surface area contributed by atoms with E-state index in [1.165, 1.54) is 23.1 Å². The van der Waals surface area contributed by atoms with Gasteiger partial charge in [-0.25, -0.2) is 14.5 Å². The number of carbonyl (C=O) groups is 3. The molecule has 0 unspecified atom stereocenters. The summed E-state index contributed by atoms with van der Waals surface area (Å²) < 4.78 is 16.4. The van der Waals surface area contributed by atoms with Crippen molar-refractivity contribution in [1.29, 1.82) is 0 Å². The Bertz CT molecular complexity index is 1900. The molecule has 5 rings (SSSR count). The third-order valence-electron chi connectivity index (χ3n) is 7.11. The van der Waals surface area contributed by atoms with E-state index in [1.54, 1.807) is 25.1 Å². The number of ether oxygens (including phenoxy) is 2. The van der Waals surface area contributed by atoms with Crippen LogP contribution in [-0.4, -0.2) is 40.8 Å². The van der Waals surface area contributed by atoms with Crippen LogP contribution in [0.15, 0.2) is 55.7 Å². The molecule has 1 aliphatic carbocycles. The lowest BCUT2D eigenvalue weighted by Crippen LogP contribution is -2.31. The summed E-state index contributed by atoms with van der Waals surface area (Å²) in [6.45, 7) is 7.57. The fourth-order valence-corrected chi connectivity index (χ4v) is 5.66. The van der Waals surface area contributed by atoms with Crippen molar-refractivity contribution in [2.24, 2.45) is 0 Å². The van der Waals surface area contributed by atoms with Gasteiger partial charge >= 0.3 is 11.7 Å². The molecule has 2 aliphatic rings. The normalized spacial score (nSPS) is 14.7. The average Bonchev–Trinajstić information content (AvgIpc) is 3.55. The smallest absolute Gasteiger partial charge is 0.442 e. The number of halogens is 4. The van der Waals surface area contributed by atoms with Crippen LogP contribution >= 0.6 is 46.4 Å². The highest BCUT2D eigenvalue weighted by atomic mass is 35.5. The zero-order valence-electron chi connectivity index (χ0n) is 26.5. The molecule has 2 aromatic carbocycles. The molecule has 2 heterocycles. The highest BCUT2D eigenvalue weighted by Crippen LogP contribution is 2.37. The average molecular weight is 735 g/mol. The van der Waals surface area contributed by atoms with Crippen molar-refractivity contribution >= 4 is 76.0 Å². The Morgan fingerprint density at radius 1 is 1.02 bits per heavy atom. The van der Waals surface area contributed by atoms with Gasteiger partial charge in [0, 0.05) is 27.7 Å². The number of nitrogens with zero attached hydrogens (tertiary/aromatic N) is 3. The zero-order valence-corrected chi connectivity index (χ0v) is 29.5. The maximum atomic E-state index is 12.7.